The van der Waals surface area contributed by atoms with Gasteiger partial charge in [0.05, 0.1) is 16.6 Å². The van der Waals surface area contributed by atoms with Crippen LogP contribution < -0.4 is 15.6 Å². The van der Waals surface area contributed by atoms with E-state index in [1.807, 2.05) is 14.1 Å². The Balaban J connectivity index is 3.50. The fraction of sp³-hybridized carbons (Fsp3) is 1.00. The molecular formula is C5H17N3Si. The van der Waals surface area contributed by atoms with Crippen LogP contribution in [-0.4, -0.2) is 36.7 Å². The van der Waals surface area contributed by atoms with E-state index in [0.717, 1.165) is 10.4 Å². The first-order valence-electron chi connectivity index (χ1n) is 3.28. The van der Waals surface area contributed by atoms with Crippen molar-refractivity contribution in [1.29, 1.82) is 0 Å². The third kappa shape index (κ3) is 2.95. The van der Waals surface area contributed by atoms with Gasteiger partial charge >= 0.3 is 0 Å². The Labute approximate surface area is 60.1 Å². The first-order chi connectivity index (χ1) is 4.26. The minimum Gasteiger partial charge on any atom is -0.340 e. The van der Waals surface area contributed by atoms with Gasteiger partial charge in [-0.15, -0.1) is 0 Å². The number of hydrogen-bond donors (Lipinski definition) is 3. The summed E-state index contributed by atoms with van der Waals surface area (Å²) in [6.07, 6.45) is 0.391. The zero-order chi connectivity index (χ0) is 7.28. The molecule has 0 saturated carbocycles. The number of hydrogen-bond acceptors (Lipinski definition) is 3. The highest BCUT2D eigenvalue weighted by Gasteiger charge is 2.08. The maximum absolute atomic E-state index is 3.28. The first-order valence-corrected chi connectivity index (χ1v) is 4.28. The largest absolute Gasteiger partial charge is 0.340 e. The molecule has 0 rings (SSSR count). The molecule has 0 fully saturated rings. The summed E-state index contributed by atoms with van der Waals surface area (Å²) in [6, 6.07) is 0.520. The summed E-state index contributed by atoms with van der Waals surface area (Å²) in [7, 11) is 4.96. The van der Waals surface area contributed by atoms with E-state index in [-0.39, 0.29) is 0 Å². The highest BCUT2D eigenvalue weighted by Crippen LogP contribution is 1.83. The number of rotatable bonds is 4. The van der Waals surface area contributed by atoms with E-state index < -0.39 is 0 Å². The van der Waals surface area contributed by atoms with Crippen molar-refractivity contribution in [3.8, 4) is 0 Å². The van der Waals surface area contributed by atoms with E-state index in [4.69, 9.17) is 0 Å². The summed E-state index contributed by atoms with van der Waals surface area (Å²) < 4.78 is 0. The second-order valence-electron chi connectivity index (χ2n) is 2.13. The molecule has 3 N–H and O–H groups in total. The van der Waals surface area contributed by atoms with Crippen LogP contribution in [0, 0.1) is 0 Å². The standard InChI is InChI=1S/C5H17N3Si/c1-4(8-9)5(6-2)7-3/h4-8H,1-3,9H3. The maximum atomic E-state index is 3.28. The molecule has 1 atom stereocenters. The zero-order valence-electron chi connectivity index (χ0n) is 6.65. The lowest BCUT2D eigenvalue weighted by molar-refractivity contribution is 0.410. The van der Waals surface area contributed by atoms with Gasteiger partial charge in [-0.3, -0.25) is 0 Å². The second-order valence-corrected chi connectivity index (χ2v) is 2.71. The van der Waals surface area contributed by atoms with Crippen LogP contribution in [0.3, 0.4) is 0 Å². The highest BCUT2D eigenvalue weighted by molar-refractivity contribution is 6.04. The lowest BCUT2D eigenvalue weighted by Gasteiger charge is -2.22. The monoisotopic (exact) mass is 147 g/mol. The van der Waals surface area contributed by atoms with Crippen molar-refractivity contribution in [1.82, 2.24) is 15.6 Å². The van der Waals surface area contributed by atoms with Crippen molar-refractivity contribution in [2.24, 2.45) is 0 Å². The molecule has 0 spiro atoms. The topological polar surface area (TPSA) is 36.1 Å². The Kier molecular flexibility index (Phi) is 4.98. The average Bonchev–Trinajstić information content (AvgIpc) is 1.90. The molecule has 3 nitrogen and oxygen atoms in total. The molecule has 4 heteroatoms. The Hall–Kier alpha value is 0.0969. The van der Waals surface area contributed by atoms with Crippen LogP contribution in [0.15, 0.2) is 0 Å². The molecule has 9 heavy (non-hydrogen) atoms. The third-order valence-electron chi connectivity index (χ3n) is 1.58. The molecule has 0 aromatic rings. The van der Waals surface area contributed by atoms with Crippen molar-refractivity contribution in [3.63, 3.8) is 0 Å². The maximum Gasteiger partial charge on any atom is 0.0753 e. The highest BCUT2D eigenvalue weighted by atomic mass is 28.2. The molecular weight excluding hydrogens is 130 g/mol. The smallest absolute Gasteiger partial charge is 0.0753 e. The number of likely N-dealkylation sites (N-methyl/N-ethyl adjacent to an activating group) is 2. The Morgan fingerprint density at radius 3 is 1.78 bits per heavy atom. The summed E-state index contributed by atoms with van der Waals surface area (Å²) in [5.74, 6) is 0. The van der Waals surface area contributed by atoms with Crippen molar-refractivity contribution in [2.75, 3.05) is 14.1 Å². The van der Waals surface area contributed by atoms with Gasteiger partial charge in [0.15, 0.2) is 0 Å². The van der Waals surface area contributed by atoms with Crippen LogP contribution in [0.25, 0.3) is 0 Å². The van der Waals surface area contributed by atoms with Gasteiger partial charge in [-0.2, -0.15) is 0 Å². The summed E-state index contributed by atoms with van der Waals surface area (Å²) in [6.45, 7) is 2.16. The lowest BCUT2D eigenvalue weighted by Crippen LogP contribution is -2.51. The summed E-state index contributed by atoms with van der Waals surface area (Å²) in [5.41, 5.74) is 0. The van der Waals surface area contributed by atoms with E-state index in [9.17, 15) is 0 Å². The normalized spacial score (nSPS) is 14.7. The minimum atomic E-state index is 0.391. The van der Waals surface area contributed by atoms with Crippen molar-refractivity contribution >= 4 is 10.4 Å². The Bertz CT molecular complexity index is 65.2. The first kappa shape index (κ1) is 9.10. The zero-order valence-corrected chi connectivity index (χ0v) is 8.65. The van der Waals surface area contributed by atoms with Gasteiger partial charge in [0.25, 0.3) is 0 Å². The van der Waals surface area contributed by atoms with E-state index in [2.05, 4.69) is 22.5 Å². The quantitative estimate of drug-likeness (QED) is 0.318. The minimum absolute atomic E-state index is 0.391. The fourth-order valence-corrected chi connectivity index (χ4v) is 1.14. The molecule has 0 aliphatic heterocycles. The molecule has 0 amide bonds. The van der Waals surface area contributed by atoms with Gasteiger partial charge in [-0.1, -0.05) is 0 Å². The molecule has 0 heterocycles. The van der Waals surface area contributed by atoms with Crippen LogP contribution in [0.5, 0.6) is 0 Å². The van der Waals surface area contributed by atoms with Gasteiger partial charge in [-0.25, -0.2) is 0 Å². The van der Waals surface area contributed by atoms with Gasteiger partial charge in [-0.05, 0) is 21.0 Å². The van der Waals surface area contributed by atoms with Crippen LogP contribution in [0.2, 0.25) is 0 Å². The van der Waals surface area contributed by atoms with Crippen LogP contribution >= 0.6 is 0 Å². The third-order valence-corrected chi connectivity index (χ3v) is 2.49. The van der Waals surface area contributed by atoms with Crippen LogP contribution in [0.4, 0.5) is 0 Å². The van der Waals surface area contributed by atoms with E-state index >= 15 is 0 Å². The van der Waals surface area contributed by atoms with Gasteiger partial charge in [0.2, 0.25) is 0 Å². The average molecular weight is 147 g/mol. The van der Waals surface area contributed by atoms with Gasteiger partial charge < -0.3 is 15.6 Å². The molecule has 0 aromatic heterocycles. The molecule has 0 aliphatic carbocycles. The van der Waals surface area contributed by atoms with Crippen LogP contribution in [0.1, 0.15) is 6.92 Å². The predicted molar refractivity (Wildman–Crippen MR) is 44.4 cm³/mol. The molecule has 0 saturated heterocycles. The van der Waals surface area contributed by atoms with E-state index in [0.29, 0.717) is 12.2 Å². The molecule has 0 aromatic carbocycles. The second kappa shape index (κ2) is 4.93. The van der Waals surface area contributed by atoms with E-state index in [1.165, 1.54) is 0 Å². The Morgan fingerprint density at radius 2 is 1.67 bits per heavy atom. The predicted octanol–water partition coefficient (Wildman–Crippen LogP) is -1.99. The lowest BCUT2D eigenvalue weighted by atomic mass is 10.3. The van der Waals surface area contributed by atoms with Crippen molar-refractivity contribution < 1.29 is 0 Å². The molecule has 0 radical (unpaired) electrons. The van der Waals surface area contributed by atoms with Crippen molar-refractivity contribution in [2.45, 2.75) is 19.1 Å². The summed E-state index contributed by atoms with van der Waals surface area (Å²) in [4.78, 5) is 3.28. The van der Waals surface area contributed by atoms with E-state index in [1.54, 1.807) is 0 Å². The summed E-state index contributed by atoms with van der Waals surface area (Å²) in [5, 5.41) is 6.30. The Morgan fingerprint density at radius 1 is 1.22 bits per heavy atom. The molecule has 0 bridgehead atoms. The molecule has 1 unspecified atom stereocenters. The van der Waals surface area contributed by atoms with Gasteiger partial charge in [0.1, 0.15) is 0 Å². The fourth-order valence-electron chi connectivity index (χ4n) is 0.811. The van der Waals surface area contributed by atoms with Crippen LogP contribution in [-0.2, 0) is 0 Å². The SMILES string of the molecule is CNC(NC)C(C)N[SiH3]. The molecule has 0 aliphatic rings. The van der Waals surface area contributed by atoms with Crippen molar-refractivity contribution in [3.05, 3.63) is 0 Å². The number of nitrogens with one attached hydrogen (secondary N) is 3. The molecule has 56 valence electrons. The summed E-state index contributed by atoms with van der Waals surface area (Å²) >= 11 is 0. The van der Waals surface area contributed by atoms with Gasteiger partial charge in [0, 0.05) is 6.04 Å².